The molecular formula is C21H21N7O2S. The number of thioether (sulfide) groups is 1. The van der Waals surface area contributed by atoms with Crippen LogP contribution >= 0.6 is 11.8 Å². The van der Waals surface area contributed by atoms with E-state index in [2.05, 4.69) is 26.5 Å². The van der Waals surface area contributed by atoms with Crippen LogP contribution in [0.4, 0.5) is 5.82 Å². The van der Waals surface area contributed by atoms with E-state index in [1.807, 2.05) is 44.4 Å². The monoisotopic (exact) mass is 435 g/mol. The van der Waals surface area contributed by atoms with Crippen molar-refractivity contribution in [1.29, 1.82) is 5.26 Å². The molecule has 1 amide bonds. The molecular weight excluding hydrogens is 414 g/mol. The number of nitriles is 1. The van der Waals surface area contributed by atoms with Gasteiger partial charge >= 0.3 is 0 Å². The van der Waals surface area contributed by atoms with Gasteiger partial charge in [0.15, 0.2) is 0 Å². The summed E-state index contributed by atoms with van der Waals surface area (Å²) in [6.45, 7) is 8.04. The average molecular weight is 436 g/mol. The topological polar surface area (TPSA) is 114 Å². The summed E-state index contributed by atoms with van der Waals surface area (Å²) in [6, 6.07) is 7.79. The van der Waals surface area contributed by atoms with E-state index in [1.54, 1.807) is 16.8 Å². The number of hydrogen-bond donors (Lipinski definition) is 1. The number of fused-ring (bicyclic) bond motifs is 1. The summed E-state index contributed by atoms with van der Waals surface area (Å²) >= 11 is 1.22. The molecule has 0 aliphatic heterocycles. The normalized spacial score (nSPS) is 11.1. The molecule has 0 radical (unpaired) electrons. The molecule has 0 atom stereocenters. The maximum Gasteiger partial charge on any atom is 0.253 e. The smallest absolute Gasteiger partial charge is 0.253 e. The summed E-state index contributed by atoms with van der Waals surface area (Å²) in [6.07, 6.45) is 1.60. The highest BCUT2D eigenvalue weighted by Gasteiger charge is 2.21. The standard InChI is InChI=1S/C21H21N7O2S/c1-12-8-13(2)28-20(23-12)25-21(26-28)31-11-18(29)24-19-17(9-22)14(3)15(4)27(19)10-16-6-5-7-30-16/h5-8H,10-11H2,1-4H3,(H,24,29). The maximum atomic E-state index is 12.7. The van der Waals surface area contributed by atoms with Crippen LogP contribution in [0.5, 0.6) is 0 Å². The predicted octanol–water partition coefficient (Wildman–Crippen LogP) is 3.40. The second-order valence-electron chi connectivity index (χ2n) is 7.19. The maximum absolute atomic E-state index is 12.7. The van der Waals surface area contributed by atoms with Gasteiger partial charge in [-0.15, -0.1) is 5.10 Å². The van der Waals surface area contributed by atoms with Crippen molar-refractivity contribution in [2.45, 2.75) is 39.4 Å². The number of hydrogen-bond acceptors (Lipinski definition) is 7. The van der Waals surface area contributed by atoms with Crippen LogP contribution in [0.3, 0.4) is 0 Å². The first-order chi connectivity index (χ1) is 14.9. The number of carbonyl (C=O) groups is 1. The lowest BCUT2D eigenvalue weighted by Gasteiger charge is -2.11. The summed E-state index contributed by atoms with van der Waals surface area (Å²) in [5, 5.41) is 17.4. The number of nitrogens with one attached hydrogen (secondary N) is 1. The Morgan fingerprint density at radius 2 is 2.10 bits per heavy atom. The third kappa shape index (κ3) is 4.04. The van der Waals surface area contributed by atoms with Crippen molar-refractivity contribution in [2.24, 2.45) is 0 Å². The van der Waals surface area contributed by atoms with Gasteiger partial charge < -0.3 is 14.3 Å². The third-order valence-electron chi connectivity index (χ3n) is 5.02. The van der Waals surface area contributed by atoms with Gasteiger partial charge in [-0.25, -0.2) is 9.50 Å². The molecule has 31 heavy (non-hydrogen) atoms. The highest BCUT2D eigenvalue weighted by Crippen LogP contribution is 2.28. The van der Waals surface area contributed by atoms with E-state index >= 15 is 0 Å². The molecule has 0 saturated carbocycles. The van der Waals surface area contributed by atoms with Crippen LogP contribution in [0.2, 0.25) is 0 Å². The second-order valence-corrected chi connectivity index (χ2v) is 8.14. The Balaban J connectivity index is 1.53. The Kier molecular flexibility index (Phi) is 5.52. The molecule has 0 aliphatic rings. The summed E-state index contributed by atoms with van der Waals surface area (Å²) in [5.41, 5.74) is 3.96. The molecule has 0 aliphatic carbocycles. The van der Waals surface area contributed by atoms with Crippen molar-refractivity contribution >= 4 is 29.3 Å². The van der Waals surface area contributed by atoms with Gasteiger partial charge in [0.2, 0.25) is 11.1 Å². The third-order valence-corrected chi connectivity index (χ3v) is 5.86. The fourth-order valence-corrected chi connectivity index (χ4v) is 4.01. The molecule has 158 valence electrons. The highest BCUT2D eigenvalue weighted by molar-refractivity contribution is 7.99. The van der Waals surface area contributed by atoms with Crippen LogP contribution in [0.15, 0.2) is 34.0 Å². The van der Waals surface area contributed by atoms with Crippen molar-refractivity contribution in [3.8, 4) is 6.07 Å². The zero-order valence-corrected chi connectivity index (χ0v) is 18.4. The minimum Gasteiger partial charge on any atom is -0.467 e. The van der Waals surface area contributed by atoms with Crippen LogP contribution in [-0.2, 0) is 11.3 Å². The van der Waals surface area contributed by atoms with Crippen molar-refractivity contribution in [1.82, 2.24) is 24.1 Å². The minimum atomic E-state index is -0.251. The summed E-state index contributed by atoms with van der Waals surface area (Å²) in [5.74, 6) is 1.56. The lowest BCUT2D eigenvalue weighted by Crippen LogP contribution is -2.18. The van der Waals surface area contributed by atoms with E-state index in [9.17, 15) is 10.1 Å². The van der Waals surface area contributed by atoms with Crippen LogP contribution in [0.1, 0.15) is 34.0 Å². The van der Waals surface area contributed by atoms with Gasteiger partial charge in [0.25, 0.3) is 5.78 Å². The van der Waals surface area contributed by atoms with E-state index in [4.69, 9.17) is 4.42 Å². The van der Waals surface area contributed by atoms with Crippen molar-refractivity contribution in [3.63, 3.8) is 0 Å². The Morgan fingerprint density at radius 1 is 1.29 bits per heavy atom. The summed E-state index contributed by atoms with van der Waals surface area (Å²) in [4.78, 5) is 21.5. The number of rotatable bonds is 6. The van der Waals surface area contributed by atoms with Crippen molar-refractivity contribution < 1.29 is 9.21 Å². The number of aryl methyl sites for hydroxylation is 2. The molecule has 0 bridgehead atoms. The molecule has 4 aromatic heterocycles. The molecule has 0 saturated heterocycles. The highest BCUT2D eigenvalue weighted by atomic mass is 32.2. The molecule has 0 unspecified atom stereocenters. The van der Waals surface area contributed by atoms with Crippen molar-refractivity contribution in [2.75, 3.05) is 11.1 Å². The Labute approximate surface area is 183 Å². The average Bonchev–Trinajstić information content (AvgIpc) is 3.43. The number of nitrogens with zero attached hydrogens (tertiary/aromatic N) is 6. The molecule has 4 rings (SSSR count). The first-order valence-corrected chi connectivity index (χ1v) is 10.6. The first kappa shape index (κ1) is 20.7. The van der Waals surface area contributed by atoms with Crippen LogP contribution in [0, 0.1) is 39.0 Å². The fraction of sp³-hybridized carbons (Fsp3) is 0.286. The van der Waals surface area contributed by atoms with E-state index < -0.39 is 0 Å². The van der Waals surface area contributed by atoms with Crippen LogP contribution < -0.4 is 5.32 Å². The SMILES string of the molecule is Cc1cc(C)n2nc(SCC(=O)Nc3c(C#N)c(C)c(C)n3Cc3ccco3)nc2n1. The van der Waals surface area contributed by atoms with E-state index in [-0.39, 0.29) is 11.7 Å². The van der Waals surface area contributed by atoms with E-state index in [0.29, 0.717) is 28.9 Å². The van der Waals surface area contributed by atoms with Gasteiger partial charge in [-0.05, 0) is 51.5 Å². The molecule has 10 heteroatoms. The molecule has 9 nitrogen and oxygen atoms in total. The van der Waals surface area contributed by atoms with Crippen LogP contribution in [0.25, 0.3) is 5.78 Å². The molecule has 0 aromatic carbocycles. The number of amides is 1. The quantitative estimate of drug-likeness (QED) is 0.462. The number of carbonyl (C=O) groups excluding carboxylic acids is 1. The van der Waals surface area contributed by atoms with Crippen molar-refractivity contribution in [3.05, 3.63) is 58.4 Å². The Morgan fingerprint density at radius 3 is 2.81 bits per heavy atom. The Hall–Kier alpha value is -3.58. The Bertz CT molecular complexity index is 1310. The molecule has 4 heterocycles. The molecule has 0 spiro atoms. The zero-order valence-electron chi connectivity index (χ0n) is 17.6. The zero-order chi connectivity index (χ0) is 22.1. The van der Waals surface area contributed by atoms with Crippen LogP contribution in [-0.4, -0.2) is 35.8 Å². The lowest BCUT2D eigenvalue weighted by molar-refractivity contribution is -0.113. The first-order valence-electron chi connectivity index (χ1n) is 9.63. The minimum absolute atomic E-state index is 0.101. The molecule has 1 N–H and O–H groups in total. The second kappa shape index (κ2) is 8.28. The lowest BCUT2D eigenvalue weighted by atomic mass is 10.2. The predicted molar refractivity (Wildman–Crippen MR) is 116 cm³/mol. The van der Waals surface area contributed by atoms with Gasteiger partial charge in [-0.2, -0.15) is 10.2 Å². The number of furan rings is 1. The van der Waals surface area contributed by atoms with E-state index in [1.165, 1.54) is 11.8 Å². The number of anilines is 1. The number of aromatic nitrogens is 5. The van der Waals surface area contributed by atoms with Gasteiger partial charge in [-0.3, -0.25) is 4.79 Å². The van der Waals surface area contributed by atoms with Gasteiger partial charge in [0.1, 0.15) is 17.6 Å². The molecule has 4 aromatic rings. The van der Waals surface area contributed by atoms with Gasteiger partial charge in [0.05, 0.1) is 24.1 Å². The summed E-state index contributed by atoms with van der Waals surface area (Å²) in [7, 11) is 0. The van der Waals surface area contributed by atoms with Gasteiger partial charge in [0, 0.05) is 17.1 Å². The van der Waals surface area contributed by atoms with E-state index in [0.717, 1.165) is 28.4 Å². The summed E-state index contributed by atoms with van der Waals surface area (Å²) < 4.78 is 8.98. The molecule has 0 fully saturated rings. The fourth-order valence-electron chi connectivity index (χ4n) is 3.39. The van der Waals surface area contributed by atoms with Gasteiger partial charge in [-0.1, -0.05) is 11.8 Å². The largest absolute Gasteiger partial charge is 0.467 e.